The second kappa shape index (κ2) is 9.01. The third-order valence-electron chi connectivity index (χ3n) is 3.96. The summed E-state index contributed by atoms with van der Waals surface area (Å²) in [4.78, 5) is 11.8. The van der Waals surface area contributed by atoms with Gasteiger partial charge in [0.05, 0.1) is 13.7 Å². The van der Waals surface area contributed by atoms with Gasteiger partial charge in [-0.05, 0) is 31.5 Å². The summed E-state index contributed by atoms with van der Waals surface area (Å²) < 4.78 is 42.4. The molecule has 0 atom stereocenters. The summed E-state index contributed by atoms with van der Waals surface area (Å²) in [6, 6.07) is 6.05. The van der Waals surface area contributed by atoms with Crippen LogP contribution < -0.4 is 4.74 Å². The van der Waals surface area contributed by atoms with Gasteiger partial charge in [-0.25, -0.2) is 17.5 Å². The number of methoxy groups -OCH3 is 1. The molecule has 0 N–H and O–H groups in total. The summed E-state index contributed by atoms with van der Waals surface area (Å²) in [5.41, 5.74) is 0.480. The van der Waals surface area contributed by atoms with Crippen LogP contribution in [0.5, 0.6) is 5.75 Å². The molecule has 0 bridgehead atoms. The molecule has 9 heteroatoms. The third kappa shape index (κ3) is 4.67. The number of carbonyl (C=O) groups excluding carboxylic acids is 1. The molecule has 0 saturated heterocycles. The van der Waals surface area contributed by atoms with Crippen LogP contribution in [-0.4, -0.2) is 51.2 Å². The van der Waals surface area contributed by atoms with Crippen LogP contribution in [0.1, 0.15) is 37.2 Å². The SMILES string of the molecule is CCCCN(C)S(=O)(=O)c1cc(-c2cc(C(=O)OCC)no2)ccc1OC. The molecule has 1 heterocycles. The van der Waals surface area contributed by atoms with E-state index >= 15 is 0 Å². The van der Waals surface area contributed by atoms with Gasteiger partial charge in [-0.1, -0.05) is 18.5 Å². The average Bonchev–Trinajstić information content (AvgIpc) is 3.16. The summed E-state index contributed by atoms with van der Waals surface area (Å²) in [5, 5.41) is 3.68. The molecule has 1 aromatic carbocycles. The minimum Gasteiger partial charge on any atom is -0.495 e. The average molecular weight is 396 g/mol. The molecule has 0 aliphatic heterocycles. The summed E-state index contributed by atoms with van der Waals surface area (Å²) in [5.74, 6) is -0.117. The first-order valence-corrected chi connectivity index (χ1v) is 10.1. The van der Waals surface area contributed by atoms with Crippen molar-refractivity contribution in [3.8, 4) is 17.1 Å². The molecule has 0 unspecified atom stereocenters. The number of benzene rings is 1. The molecule has 0 amide bonds. The van der Waals surface area contributed by atoms with Crippen molar-refractivity contribution in [3.63, 3.8) is 0 Å². The summed E-state index contributed by atoms with van der Waals surface area (Å²) in [7, 11) is -0.806. The van der Waals surface area contributed by atoms with E-state index in [1.165, 1.54) is 30.6 Å². The number of unbranched alkanes of at least 4 members (excludes halogenated alkanes) is 1. The van der Waals surface area contributed by atoms with Crippen molar-refractivity contribution in [2.75, 3.05) is 27.3 Å². The maximum Gasteiger partial charge on any atom is 0.360 e. The molecule has 0 aliphatic carbocycles. The summed E-state index contributed by atoms with van der Waals surface area (Å²) in [6.07, 6.45) is 1.63. The van der Waals surface area contributed by atoms with Crippen molar-refractivity contribution in [2.24, 2.45) is 0 Å². The molecular weight excluding hydrogens is 372 g/mol. The number of aromatic nitrogens is 1. The minimum atomic E-state index is -3.75. The first kappa shape index (κ1) is 20.9. The van der Waals surface area contributed by atoms with Crippen molar-refractivity contribution in [2.45, 2.75) is 31.6 Å². The van der Waals surface area contributed by atoms with Gasteiger partial charge in [0.25, 0.3) is 0 Å². The van der Waals surface area contributed by atoms with Gasteiger partial charge in [0, 0.05) is 25.2 Å². The number of nitrogens with zero attached hydrogens (tertiary/aromatic N) is 2. The topological polar surface area (TPSA) is 98.9 Å². The largest absolute Gasteiger partial charge is 0.495 e. The van der Waals surface area contributed by atoms with Crippen LogP contribution in [0.3, 0.4) is 0 Å². The number of ether oxygens (including phenoxy) is 2. The van der Waals surface area contributed by atoms with Crippen LogP contribution in [-0.2, 0) is 14.8 Å². The monoisotopic (exact) mass is 396 g/mol. The van der Waals surface area contributed by atoms with E-state index in [0.29, 0.717) is 12.1 Å². The Kier molecular flexibility index (Phi) is 6.98. The van der Waals surface area contributed by atoms with Crippen molar-refractivity contribution in [1.82, 2.24) is 9.46 Å². The van der Waals surface area contributed by atoms with Crippen LogP contribution in [0.25, 0.3) is 11.3 Å². The summed E-state index contributed by atoms with van der Waals surface area (Å²) in [6.45, 7) is 4.30. The molecule has 1 aromatic heterocycles. The molecule has 0 fully saturated rings. The van der Waals surface area contributed by atoms with Gasteiger partial charge in [-0.2, -0.15) is 0 Å². The quantitative estimate of drug-likeness (QED) is 0.601. The third-order valence-corrected chi connectivity index (χ3v) is 5.84. The molecule has 0 radical (unpaired) electrons. The van der Waals surface area contributed by atoms with E-state index in [2.05, 4.69) is 5.16 Å². The zero-order chi connectivity index (χ0) is 20.0. The first-order chi connectivity index (χ1) is 12.8. The Balaban J connectivity index is 2.42. The molecule has 8 nitrogen and oxygen atoms in total. The lowest BCUT2D eigenvalue weighted by Gasteiger charge is -2.19. The summed E-state index contributed by atoms with van der Waals surface area (Å²) >= 11 is 0. The van der Waals surface area contributed by atoms with Crippen LogP contribution in [0, 0.1) is 0 Å². The lowest BCUT2D eigenvalue weighted by Crippen LogP contribution is -2.28. The predicted molar refractivity (Wildman–Crippen MR) is 99.2 cm³/mol. The van der Waals surface area contributed by atoms with Crippen LogP contribution in [0.4, 0.5) is 0 Å². The molecular formula is C18H24N2O6S. The van der Waals surface area contributed by atoms with E-state index in [9.17, 15) is 13.2 Å². The predicted octanol–water partition coefficient (Wildman–Crippen LogP) is 2.95. The molecule has 0 aliphatic rings. The van der Waals surface area contributed by atoms with Crippen molar-refractivity contribution in [3.05, 3.63) is 30.0 Å². The molecule has 148 valence electrons. The Morgan fingerprint density at radius 2 is 2.00 bits per heavy atom. The van der Waals surface area contributed by atoms with E-state index in [1.54, 1.807) is 19.1 Å². The number of sulfonamides is 1. The van der Waals surface area contributed by atoms with Crippen LogP contribution in [0.15, 0.2) is 33.7 Å². The van der Waals surface area contributed by atoms with Crippen LogP contribution in [0.2, 0.25) is 0 Å². The fraction of sp³-hybridized carbons (Fsp3) is 0.444. The van der Waals surface area contributed by atoms with E-state index in [0.717, 1.165) is 12.8 Å². The number of esters is 1. The van der Waals surface area contributed by atoms with Gasteiger partial charge >= 0.3 is 5.97 Å². The van der Waals surface area contributed by atoms with Gasteiger partial charge in [-0.15, -0.1) is 0 Å². The van der Waals surface area contributed by atoms with Crippen molar-refractivity contribution >= 4 is 16.0 Å². The zero-order valence-corrected chi connectivity index (χ0v) is 16.7. The normalized spacial score (nSPS) is 11.6. The Bertz CT molecular complexity index is 891. The highest BCUT2D eigenvalue weighted by molar-refractivity contribution is 7.89. The zero-order valence-electron chi connectivity index (χ0n) is 15.9. The minimum absolute atomic E-state index is 0.0205. The fourth-order valence-electron chi connectivity index (χ4n) is 2.41. The Morgan fingerprint density at radius 3 is 2.63 bits per heavy atom. The van der Waals surface area contributed by atoms with Gasteiger partial charge in [-0.3, -0.25) is 0 Å². The Morgan fingerprint density at radius 1 is 1.26 bits per heavy atom. The van der Waals surface area contributed by atoms with Gasteiger partial charge < -0.3 is 14.0 Å². The second-order valence-corrected chi connectivity index (χ2v) is 7.86. The molecule has 27 heavy (non-hydrogen) atoms. The van der Waals surface area contributed by atoms with Crippen LogP contribution >= 0.6 is 0 Å². The second-order valence-electron chi connectivity index (χ2n) is 5.84. The molecule has 0 saturated carbocycles. The molecule has 2 aromatic rings. The first-order valence-electron chi connectivity index (χ1n) is 8.63. The van der Waals surface area contributed by atoms with E-state index < -0.39 is 16.0 Å². The molecule has 0 spiro atoms. The maximum absolute atomic E-state index is 12.9. The van der Waals surface area contributed by atoms with Gasteiger partial charge in [0.15, 0.2) is 11.5 Å². The standard InChI is InChI=1S/C18H24N2O6S/c1-5-7-10-20(3)27(22,23)17-11-13(8-9-15(17)24-4)16-12-14(19-26-16)18(21)25-6-2/h8-9,11-12H,5-7,10H2,1-4H3. The Hall–Kier alpha value is -2.39. The smallest absolute Gasteiger partial charge is 0.360 e. The maximum atomic E-state index is 12.9. The number of carbonyl (C=O) groups is 1. The van der Waals surface area contributed by atoms with E-state index in [1.807, 2.05) is 6.92 Å². The number of hydrogen-bond donors (Lipinski definition) is 0. The van der Waals surface area contributed by atoms with Gasteiger partial charge in [0.2, 0.25) is 10.0 Å². The molecule has 2 rings (SSSR count). The van der Waals surface area contributed by atoms with Crippen molar-refractivity contribution < 1.29 is 27.2 Å². The number of rotatable bonds is 9. The van der Waals surface area contributed by atoms with Crippen molar-refractivity contribution in [1.29, 1.82) is 0 Å². The highest BCUT2D eigenvalue weighted by Gasteiger charge is 2.26. The number of hydrogen-bond acceptors (Lipinski definition) is 7. The Labute approximate surface area is 159 Å². The van der Waals surface area contributed by atoms with E-state index in [-0.39, 0.29) is 28.7 Å². The van der Waals surface area contributed by atoms with E-state index in [4.69, 9.17) is 14.0 Å². The highest BCUT2D eigenvalue weighted by atomic mass is 32.2. The van der Waals surface area contributed by atoms with Gasteiger partial charge in [0.1, 0.15) is 10.6 Å². The lowest BCUT2D eigenvalue weighted by molar-refractivity contribution is 0.0514. The fourth-order valence-corrected chi connectivity index (χ4v) is 3.80. The highest BCUT2D eigenvalue weighted by Crippen LogP contribution is 2.32. The lowest BCUT2D eigenvalue weighted by atomic mass is 10.1.